The summed E-state index contributed by atoms with van der Waals surface area (Å²) in [5, 5.41) is 8.41. The van der Waals surface area contributed by atoms with E-state index in [1.807, 2.05) is 0 Å². The topological polar surface area (TPSA) is 55.6 Å². The molecule has 0 fully saturated rings. The Kier molecular flexibility index (Phi) is 3.51. The van der Waals surface area contributed by atoms with Crippen molar-refractivity contribution in [3.8, 4) is 5.69 Å². The minimum atomic E-state index is -0.302. The lowest BCUT2D eigenvalue weighted by molar-refractivity contribution is 0.625. The standard InChI is InChI=1S/C15H16FN5/c1-10(2)7-17-14-13-8-20-21(15(13)19-9-18-14)12-5-3-4-11(16)6-12/h3-6,8-10H,7H2,1-2H3,(H,17,18,19). The molecule has 1 N–H and O–H groups in total. The second-order valence-electron chi connectivity index (χ2n) is 5.27. The zero-order valence-corrected chi connectivity index (χ0v) is 11.9. The van der Waals surface area contributed by atoms with Crippen molar-refractivity contribution in [3.63, 3.8) is 0 Å². The molecule has 1 aromatic carbocycles. The summed E-state index contributed by atoms with van der Waals surface area (Å²) in [4.78, 5) is 8.52. The monoisotopic (exact) mass is 285 g/mol. The van der Waals surface area contributed by atoms with E-state index in [2.05, 4.69) is 34.2 Å². The summed E-state index contributed by atoms with van der Waals surface area (Å²) in [5.74, 6) is 0.952. The molecular weight excluding hydrogens is 269 g/mol. The van der Waals surface area contributed by atoms with Crippen LogP contribution in [-0.2, 0) is 0 Å². The molecule has 5 nitrogen and oxygen atoms in total. The third-order valence-electron chi connectivity index (χ3n) is 3.10. The molecular formula is C15H16FN5. The van der Waals surface area contributed by atoms with Gasteiger partial charge in [0.2, 0.25) is 0 Å². The number of benzene rings is 1. The number of nitrogens with one attached hydrogen (secondary N) is 1. The van der Waals surface area contributed by atoms with Crippen LogP contribution >= 0.6 is 0 Å². The molecule has 0 amide bonds. The molecule has 0 aliphatic carbocycles. The molecule has 21 heavy (non-hydrogen) atoms. The number of fused-ring (bicyclic) bond motifs is 1. The Morgan fingerprint density at radius 3 is 2.90 bits per heavy atom. The molecule has 0 spiro atoms. The third-order valence-corrected chi connectivity index (χ3v) is 3.10. The van der Waals surface area contributed by atoms with Gasteiger partial charge in [0.1, 0.15) is 18.0 Å². The summed E-state index contributed by atoms with van der Waals surface area (Å²) in [5.41, 5.74) is 1.29. The van der Waals surface area contributed by atoms with Crippen LogP contribution in [0.3, 0.4) is 0 Å². The van der Waals surface area contributed by atoms with E-state index >= 15 is 0 Å². The van der Waals surface area contributed by atoms with Crippen LogP contribution in [0.15, 0.2) is 36.8 Å². The SMILES string of the molecule is CC(C)CNc1ncnc2c1cnn2-c1cccc(F)c1. The van der Waals surface area contributed by atoms with Gasteiger partial charge in [0.05, 0.1) is 17.3 Å². The number of hydrogen-bond acceptors (Lipinski definition) is 4. The van der Waals surface area contributed by atoms with E-state index in [0.717, 1.165) is 17.7 Å². The van der Waals surface area contributed by atoms with E-state index < -0.39 is 0 Å². The molecule has 3 aromatic rings. The molecule has 0 atom stereocenters. The van der Waals surface area contributed by atoms with Gasteiger partial charge in [0, 0.05) is 6.54 Å². The number of hydrogen-bond donors (Lipinski definition) is 1. The summed E-state index contributed by atoms with van der Waals surface area (Å²) in [7, 11) is 0. The molecule has 0 aliphatic rings. The van der Waals surface area contributed by atoms with Crippen molar-refractivity contribution in [2.75, 3.05) is 11.9 Å². The number of halogens is 1. The second kappa shape index (κ2) is 5.47. The Hall–Kier alpha value is -2.50. The number of anilines is 1. The largest absolute Gasteiger partial charge is 0.369 e. The van der Waals surface area contributed by atoms with Crippen LogP contribution in [0.5, 0.6) is 0 Å². The number of rotatable bonds is 4. The van der Waals surface area contributed by atoms with Crippen molar-refractivity contribution in [3.05, 3.63) is 42.6 Å². The van der Waals surface area contributed by atoms with Crippen molar-refractivity contribution >= 4 is 16.9 Å². The Morgan fingerprint density at radius 1 is 1.29 bits per heavy atom. The summed E-state index contributed by atoms with van der Waals surface area (Å²) in [6, 6.07) is 6.27. The fraction of sp³-hybridized carbons (Fsp3) is 0.267. The molecule has 3 rings (SSSR count). The highest BCUT2D eigenvalue weighted by atomic mass is 19.1. The Morgan fingerprint density at radius 2 is 2.14 bits per heavy atom. The van der Waals surface area contributed by atoms with Gasteiger partial charge in [0.25, 0.3) is 0 Å². The summed E-state index contributed by atoms with van der Waals surface area (Å²) in [6.45, 7) is 5.07. The van der Waals surface area contributed by atoms with Gasteiger partial charge in [-0.3, -0.25) is 0 Å². The quantitative estimate of drug-likeness (QED) is 0.800. The molecule has 0 saturated heterocycles. The zero-order chi connectivity index (χ0) is 14.8. The van der Waals surface area contributed by atoms with Crippen LogP contribution < -0.4 is 5.32 Å². The first-order chi connectivity index (χ1) is 10.1. The van der Waals surface area contributed by atoms with Crippen molar-refractivity contribution < 1.29 is 4.39 Å². The molecule has 2 heterocycles. The van der Waals surface area contributed by atoms with Crippen molar-refractivity contribution in [2.24, 2.45) is 5.92 Å². The first kappa shape index (κ1) is 13.5. The van der Waals surface area contributed by atoms with Crippen LogP contribution in [-0.4, -0.2) is 26.3 Å². The van der Waals surface area contributed by atoms with E-state index in [0.29, 0.717) is 17.3 Å². The molecule has 0 radical (unpaired) electrons. The molecule has 2 aromatic heterocycles. The van der Waals surface area contributed by atoms with Gasteiger partial charge < -0.3 is 5.32 Å². The zero-order valence-electron chi connectivity index (χ0n) is 11.9. The average molecular weight is 285 g/mol. The lowest BCUT2D eigenvalue weighted by Gasteiger charge is -2.08. The summed E-state index contributed by atoms with van der Waals surface area (Å²) < 4.78 is 15.0. The minimum absolute atomic E-state index is 0.302. The van der Waals surface area contributed by atoms with Gasteiger partial charge in [-0.2, -0.15) is 5.10 Å². The van der Waals surface area contributed by atoms with Gasteiger partial charge in [-0.25, -0.2) is 19.0 Å². The van der Waals surface area contributed by atoms with Gasteiger partial charge in [-0.05, 0) is 24.1 Å². The normalized spacial score (nSPS) is 11.2. The van der Waals surface area contributed by atoms with Gasteiger partial charge in [0.15, 0.2) is 5.65 Å². The Labute approximate surface area is 121 Å². The minimum Gasteiger partial charge on any atom is -0.369 e. The predicted octanol–water partition coefficient (Wildman–Crippen LogP) is 3.02. The Balaban J connectivity index is 2.05. The first-order valence-corrected chi connectivity index (χ1v) is 6.83. The first-order valence-electron chi connectivity index (χ1n) is 6.83. The maximum atomic E-state index is 13.4. The third kappa shape index (κ3) is 2.69. The maximum Gasteiger partial charge on any atom is 0.168 e. The average Bonchev–Trinajstić information content (AvgIpc) is 2.89. The molecule has 0 bridgehead atoms. The molecule has 0 aliphatic heterocycles. The Bertz CT molecular complexity index is 766. The van der Waals surface area contributed by atoms with Crippen LogP contribution in [0.25, 0.3) is 16.7 Å². The van der Waals surface area contributed by atoms with E-state index in [-0.39, 0.29) is 5.82 Å². The van der Waals surface area contributed by atoms with Crippen LogP contribution in [0.1, 0.15) is 13.8 Å². The van der Waals surface area contributed by atoms with E-state index in [9.17, 15) is 4.39 Å². The molecule has 6 heteroatoms. The van der Waals surface area contributed by atoms with E-state index in [1.54, 1.807) is 23.0 Å². The molecule has 0 unspecified atom stereocenters. The van der Waals surface area contributed by atoms with Gasteiger partial charge in [-0.15, -0.1) is 0 Å². The number of aromatic nitrogens is 4. The van der Waals surface area contributed by atoms with Gasteiger partial charge >= 0.3 is 0 Å². The van der Waals surface area contributed by atoms with Crippen molar-refractivity contribution in [1.29, 1.82) is 0 Å². The predicted molar refractivity (Wildman–Crippen MR) is 79.9 cm³/mol. The second-order valence-corrected chi connectivity index (χ2v) is 5.27. The van der Waals surface area contributed by atoms with Crippen LogP contribution in [0, 0.1) is 11.7 Å². The lowest BCUT2D eigenvalue weighted by Crippen LogP contribution is -2.09. The highest BCUT2D eigenvalue weighted by Crippen LogP contribution is 2.22. The smallest absolute Gasteiger partial charge is 0.168 e. The molecule has 108 valence electrons. The maximum absolute atomic E-state index is 13.4. The van der Waals surface area contributed by atoms with E-state index in [1.165, 1.54) is 18.5 Å². The van der Waals surface area contributed by atoms with E-state index in [4.69, 9.17) is 0 Å². The highest BCUT2D eigenvalue weighted by molar-refractivity contribution is 5.87. The lowest BCUT2D eigenvalue weighted by atomic mass is 10.2. The van der Waals surface area contributed by atoms with Crippen LogP contribution in [0.4, 0.5) is 10.2 Å². The van der Waals surface area contributed by atoms with Crippen molar-refractivity contribution in [1.82, 2.24) is 19.7 Å². The summed E-state index contributed by atoms with van der Waals surface area (Å²) in [6.07, 6.45) is 3.19. The van der Waals surface area contributed by atoms with Gasteiger partial charge in [-0.1, -0.05) is 19.9 Å². The van der Waals surface area contributed by atoms with Crippen molar-refractivity contribution in [2.45, 2.75) is 13.8 Å². The van der Waals surface area contributed by atoms with Crippen LogP contribution in [0.2, 0.25) is 0 Å². The fourth-order valence-corrected chi connectivity index (χ4v) is 2.08. The highest BCUT2D eigenvalue weighted by Gasteiger charge is 2.11. The summed E-state index contributed by atoms with van der Waals surface area (Å²) >= 11 is 0. The number of nitrogens with zero attached hydrogens (tertiary/aromatic N) is 4. The molecule has 0 saturated carbocycles. The fourth-order valence-electron chi connectivity index (χ4n) is 2.08.